The highest BCUT2D eigenvalue weighted by atomic mass is 19.4. The molecule has 2 aromatic carbocycles. The van der Waals surface area contributed by atoms with Gasteiger partial charge in [-0.3, -0.25) is 0 Å². The van der Waals surface area contributed by atoms with Crippen LogP contribution in [0.3, 0.4) is 0 Å². The van der Waals surface area contributed by atoms with Crippen molar-refractivity contribution >= 4 is 0 Å². The van der Waals surface area contributed by atoms with Crippen LogP contribution in [0.5, 0.6) is 0 Å². The van der Waals surface area contributed by atoms with Crippen molar-refractivity contribution in [1.29, 1.82) is 0 Å². The Balaban J connectivity index is 1.44. The number of halogens is 5. The Kier molecular flexibility index (Phi) is 7.20. The Bertz CT molecular complexity index is 1120. The van der Waals surface area contributed by atoms with Gasteiger partial charge in [0.15, 0.2) is 6.29 Å². The van der Waals surface area contributed by atoms with Crippen molar-refractivity contribution in [2.45, 2.75) is 38.0 Å². The molecule has 0 spiro atoms. The van der Waals surface area contributed by atoms with Crippen LogP contribution >= 0.6 is 0 Å². The number of rotatable bonds is 7. The Morgan fingerprint density at radius 1 is 1.09 bits per heavy atom. The topological polar surface area (TPSA) is 69.4 Å². The lowest BCUT2D eigenvalue weighted by Gasteiger charge is -2.38. The van der Waals surface area contributed by atoms with Crippen molar-refractivity contribution in [3.63, 3.8) is 0 Å². The molecule has 0 amide bonds. The zero-order chi connectivity index (χ0) is 25.2. The molecule has 0 aliphatic carbocycles. The minimum atomic E-state index is -4.43. The summed E-state index contributed by atoms with van der Waals surface area (Å²) in [7, 11) is 0. The van der Waals surface area contributed by atoms with E-state index in [1.807, 2.05) is 0 Å². The van der Waals surface area contributed by atoms with Gasteiger partial charge in [0.2, 0.25) is 0 Å². The van der Waals surface area contributed by atoms with Crippen LogP contribution in [0.25, 0.3) is 0 Å². The molecule has 0 saturated carbocycles. The van der Waals surface area contributed by atoms with Gasteiger partial charge < -0.3 is 14.6 Å². The molecule has 4 rings (SSSR count). The molecule has 188 valence electrons. The molecule has 11 heteroatoms. The van der Waals surface area contributed by atoms with E-state index >= 15 is 0 Å². The van der Waals surface area contributed by atoms with E-state index < -0.39 is 41.2 Å². The van der Waals surface area contributed by atoms with E-state index in [9.17, 15) is 27.1 Å². The summed E-state index contributed by atoms with van der Waals surface area (Å²) in [5, 5.41) is 15.6. The number of nitrogens with zero attached hydrogens (tertiary/aromatic N) is 3. The Morgan fingerprint density at radius 3 is 2.34 bits per heavy atom. The Morgan fingerprint density at radius 2 is 1.77 bits per heavy atom. The average molecular weight is 497 g/mol. The minimum absolute atomic E-state index is 0.0674. The molecule has 0 unspecified atom stereocenters. The third kappa shape index (κ3) is 5.68. The quantitative estimate of drug-likeness (QED) is 0.473. The van der Waals surface area contributed by atoms with Crippen LogP contribution in [0.2, 0.25) is 0 Å². The number of ether oxygens (including phenoxy) is 2. The van der Waals surface area contributed by atoms with Crippen LogP contribution in [-0.2, 0) is 27.8 Å². The molecule has 1 saturated heterocycles. The second-order valence-electron chi connectivity index (χ2n) is 8.76. The van der Waals surface area contributed by atoms with Crippen LogP contribution in [0.1, 0.15) is 36.3 Å². The van der Waals surface area contributed by atoms with E-state index in [-0.39, 0.29) is 31.2 Å². The van der Waals surface area contributed by atoms with Crippen molar-refractivity contribution in [3.05, 3.63) is 83.4 Å². The molecule has 1 N–H and O–H groups in total. The zero-order valence-electron chi connectivity index (χ0n) is 18.8. The van der Waals surface area contributed by atoms with Gasteiger partial charge in [0, 0.05) is 23.1 Å². The maximum Gasteiger partial charge on any atom is 0.416 e. The smallest absolute Gasteiger partial charge is 0.383 e. The fourth-order valence-electron chi connectivity index (χ4n) is 4.30. The standard InChI is InChI=1S/C24H24F5N3O3/c1-15(23(33,12-32-14-30-13-31-32)20-7-6-19(25)9-21(20)26)8-16-10-34-22(35-11-16)17-2-4-18(5-3-17)24(27,28)29/h2-7,9,13-16,22,33H,8,10-12H2,1H3/t15-,16?,22?,23+/m0/s1. The molecule has 1 aliphatic rings. The predicted octanol–water partition coefficient (Wildman–Crippen LogP) is 4.85. The highest BCUT2D eigenvalue weighted by Crippen LogP contribution is 2.39. The normalized spacial score (nSPS) is 21.5. The Hall–Kier alpha value is -2.89. The van der Waals surface area contributed by atoms with Gasteiger partial charge >= 0.3 is 6.18 Å². The summed E-state index contributed by atoms with van der Waals surface area (Å²) in [5.41, 5.74) is -2.11. The molecule has 6 nitrogen and oxygen atoms in total. The van der Waals surface area contributed by atoms with E-state index in [2.05, 4.69) is 10.1 Å². The first-order chi connectivity index (χ1) is 16.6. The number of aliphatic hydroxyl groups is 1. The minimum Gasteiger partial charge on any atom is -0.383 e. The summed E-state index contributed by atoms with van der Waals surface area (Å²) in [5.74, 6) is -2.35. The van der Waals surface area contributed by atoms with Crippen LogP contribution in [0.4, 0.5) is 22.0 Å². The molecule has 1 fully saturated rings. The maximum atomic E-state index is 14.7. The monoisotopic (exact) mass is 497 g/mol. The fourth-order valence-corrected chi connectivity index (χ4v) is 4.30. The van der Waals surface area contributed by atoms with E-state index in [0.717, 1.165) is 24.3 Å². The number of alkyl halides is 3. The van der Waals surface area contributed by atoms with Gasteiger partial charge in [0.1, 0.15) is 29.9 Å². The van der Waals surface area contributed by atoms with Crippen molar-refractivity contribution in [3.8, 4) is 0 Å². The number of aromatic nitrogens is 3. The van der Waals surface area contributed by atoms with Gasteiger partial charge in [-0.25, -0.2) is 18.4 Å². The lowest BCUT2D eigenvalue weighted by Crippen LogP contribution is -2.41. The molecule has 2 heterocycles. The van der Waals surface area contributed by atoms with Gasteiger partial charge in [0.05, 0.1) is 25.3 Å². The molecular weight excluding hydrogens is 473 g/mol. The van der Waals surface area contributed by atoms with Gasteiger partial charge in [0.25, 0.3) is 0 Å². The summed E-state index contributed by atoms with van der Waals surface area (Å²) in [6, 6.07) is 7.58. The van der Waals surface area contributed by atoms with Crippen molar-refractivity contribution in [1.82, 2.24) is 14.8 Å². The molecule has 35 heavy (non-hydrogen) atoms. The third-order valence-electron chi connectivity index (χ3n) is 6.25. The van der Waals surface area contributed by atoms with E-state index in [0.29, 0.717) is 12.0 Å². The van der Waals surface area contributed by atoms with E-state index in [1.54, 1.807) is 6.92 Å². The summed E-state index contributed by atoms with van der Waals surface area (Å²) in [6.07, 6.45) is -2.20. The van der Waals surface area contributed by atoms with E-state index in [1.165, 1.54) is 35.5 Å². The number of hydrogen-bond acceptors (Lipinski definition) is 5. The zero-order valence-corrected chi connectivity index (χ0v) is 18.8. The first kappa shape index (κ1) is 25.2. The van der Waals surface area contributed by atoms with Crippen molar-refractivity contribution < 1.29 is 36.5 Å². The van der Waals surface area contributed by atoms with Gasteiger partial charge in [-0.2, -0.15) is 18.3 Å². The number of benzene rings is 2. The van der Waals surface area contributed by atoms with Crippen LogP contribution < -0.4 is 0 Å². The summed E-state index contributed by atoms with van der Waals surface area (Å²) in [6.45, 7) is 2.07. The summed E-state index contributed by atoms with van der Waals surface area (Å²) < 4.78 is 79.4. The second-order valence-corrected chi connectivity index (χ2v) is 8.76. The summed E-state index contributed by atoms with van der Waals surface area (Å²) >= 11 is 0. The maximum absolute atomic E-state index is 14.7. The van der Waals surface area contributed by atoms with Crippen molar-refractivity contribution in [2.75, 3.05) is 13.2 Å². The van der Waals surface area contributed by atoms with Gasteiger partial charge in [-0.1, -0.05) is 25.1 Å². The van der Waals surface area contributed by atoms with Crippen LogP contribution in [0, 0.1) is 23.5 Å². The highest BCUT2D eigenvalue weighted by Gasteiger charge is 2.41. The molecule has 1 aliphatic heterocycles. The summed E-state index contributed by atoms with van der Waals surface area (Å²) in [4.78, 5) is 3.85. The van der Waals surface area contributed by atoms with E-state index in [4.69, 9.17) is 9.47 Å². The third-order valence-corrected chi connectivity index (χ3v) is 6.25. The van der Waals surface area contributed by atoms with Crippen molar-refractivity contribution in [2.24, 2.45) is 11.8 Å². The highest BCUT2D eigenvalue weighted by molar-refractivity contribution is 5.27. The first-order valence-electron chi connectivity index (χ1n) is 11.0. The molecule has 2 atom stereocenters. The first-order valence-corrected chi connectivity index (χ1v) is 11.0. The molecule has 0 bridgehead atoms. The van der Waals surface area contributed by atoms with Gasteiger partial charge in [-0.15, -0.1) is 0 Å². The van der Waals surface area contributed by atoms with Crippen LogP contribution in [-0.4, -0.2) is 33.1 Å². The molecular formula is C24H24F5N3O3. The SMILES string of the molecule is C[C@@H](CC1COC(c2ccc(C(F)(F)F)cc2)OC1)[C@](O)(Cn1cncn1)c1ccc(F)cc1F. The predicted molar refractivity (Wildman–Crippen MR) is 114 cm³/mol. The Labute approximate surface area is 198 Å². The van der Waals surface area contributed by atoms with Crippen LogP contribution in [0.15, 0.2) is 55.1 Å². The second kappa shape index (κ2) is 10.00. The fraction of sp³-hybridized carbons (Fsp3) is 0.417. The molecule has 3 aromatic rings. The largest absolute Gasteiger partial charge is 0.416 e. The van der Waals surface area contributed by atoms with Gasteiger partial charge in [-0.05, 0) is 30.5 Å². The molecule has 1 aromatic heterocycles. The lowest BCUT2D eigenvalue weighted by atomic mass is 9.77. The number of hydrogen-bond donors (Lipinski definition) is 1. The lowest BCUT2D eigenvalue weighted by molar-refractivity contribution is -0.210. The average Bonchev–Trinajstić information content (AvgIpc) is 3.31. The molecule has 0 radical (unpaired) electrons.